The van der Waals surface area contributed by atoms with Crippen LogP contribution in [0.25, 0.3) is 0 Å². The number of halogens is 1. The number of ether oxygens (including phenoxy) is 2. The molecule has 0 aromatic heterocycles. The standard InChI is InChI=1S/C18H31N3O2.HI/c1-5-6-13-23-14-9-12-20-18(19-2)21(3)15-16-10-7-8-11-17(16)22-4;/h7-8,10-11H,5-6,9,12-15H2,1-4H3,(H,19,20);1H. The summed E-state index contributed by atoms with van der Waals surface area (Å²) in [6.07, 6.45) is 3.29. The van der Waals surface area contributed by atoms with Crippen molar-refractivity contribution in [3.63, 3.8) is 0 Å². The van der Waals surface area contributed by atoms with E-state index in [0.717, 1.165) is 56.4 Å². The van der Waals surface area contributed by atoms with Gasteiger partial charge in [-0.3, -0.25) is 4.99 Å². The van der Waals surface area contributed by atoms with Crippen LogP contribution in [0.1, 0.15) is 31.7 Å². The Bertz CT molecular complexity index is 469. The summed E-state index contributed by atoms with van der Waals surface area (Å²) in [6, 6.07) is 8.06. The van der Waals surface area contributed by atoms with Crippen molar-refractivity contribution in [2.24, 2.45) is 4.99 Å². The SMILES string of the molecule is CCCCOCCCNC(=NC)N(C)Cc1ccccc1OC.I. The predicted molar refractivity (Wildman–Crippen MR) is 112 cm³/mol. The van der Waals surface area contributed by atoms with E-state index in [9.17, 15) is 0 Å². The lowest BCUT2D eigenvalue weighted by atomic mass is 10.2. The van der Waals surface area contributed by atoms with Gasteiger partial charge in [-0.05, 0) is 18.9 Å². The fourth-order valence-corrected chi connectivity index (χ4v) is 2.27. The van der Waals surface area contributed by atoms with E-state index in [2.05, 4.69) is 28.2 Å². The molecular formula is C18H32IN3O2. The fourth-order valence-electron chi connectivity index (χ4n) is 2.27. The Labute approximate surface area is 163 Å². The molecule has 0 aliphatic rings. The summed E-state index contributed by atoms with van der Waals surface area (Å²) in [5, 5.41) is 3.37. The number of guanidine groups is 1. The van der Waals surface area contributed by atoms with Gasteiger partial charge in [0.1, 0.15) is 5.75 Å². The molecular weight excluding hydrogens is 417 g/mol. The first-order chi connectivity index (χ1) is 11.2. The van der Waals surface area contributed by atoms with Crippen LogP contribution >= 0.6 is 24.0 Å². The van der Waals surface area contributed by atoms with Crippen molar-refractivity contribution in [3.05, 3.63) is 29.8 Å². The lowest BCUT2D eigenvalue weighted by molar-refractivity contribution is 0.129. The van der Waals surface area contributed by atoms with Gasteiger partial charge in [0.15, 0.2) is 5.96 Å². The van der Waals surface area contributed by atoms with Gasteiger partial charge in [0.2, 0.25) is 0 Å². The number of nitrogens with one attached hydrogen (secondary N) is 1. The molecule has 0 saturated heterocycles. The van der Waals surface area contributed by atoms with Crippen LogP contribution in [0.5, 0.6) is 5.75 Å². The molecule has 0 aliphatic carbocycles. The molecule has 0 bridgehead atoms. The number of para-hydroxylation sites is 1. The Hall–Kier alpha value is -1.02. The molecule has 1 rings (SSSR count). The van der Waals surface area contributed by atoms with E-state index < -0.39 is 0 Å². The second-order valence-corrected chi connectivity index (χ2v) is 5.46. The minimum atomic E-state index is 0. The summed E-state index contributed by atoms with van der Waals surface area (Å²) in [5.41, 5.74) is 1.14. The van der Waals surface area contributed by atoms with Crippen molar-refractivity contribution in [1.82, 2.24) is 10.2 Å². The Kier molecular flexibility index (Phi) is 13.7. The molecule has 0 aliphatic heterocycles. The van der Waals surface area contributed by atoms with Gasteiger partial charge in [0.05, 0.1) is 7.11 Å². The molecule has 24 heavy (non-hydrogen) atoms. The van der Waals surface area contributed by atoms with E-state index in [-0.39, 0.29) is 24.0 Å². The zero-order chi connectivity index (χ0) is 16.9. The van der Waals surface area contributed by atoms with Gasteiger partial charge in [-0.2, -0.15) is 0 Å². The maximum atomic E-state index is 5.57. The number of hydrogen-bond acceptors (Lipinski definition) is 3. The molecule has 138 valence electrons. The van der Waals surface area contributed by atoms with Gasteiger partial charge in [0.25, 0.3) is 0 Å². The molecule has 1 aromatic carbocycles. The van der Waals surface area contributed by atoms with Crippen LogP contribution in [-0.2, 0) is 11.3 Å². The molecule has 0 unspecified atom stereocenters. The second-order valence-electron chi connectivity index (χ2n) is 5.46. The molecule has 0 fully saturated rings. The number of unbranched alkanes of at least 4 members (excludes halogenated alkanes) is 1. The Balaban J connectivity index is 0.00000529. The van der Waals surface area contributed by atoms with Crippen LogP contribution < -0.4 is 10.1 Å². The predicted octanol–water partition coefficient (Wildman–Crippen LogP) is 3.53. The van der Waals surface area contributed by atoms with Crippen molar-refractivity contribution in [2.45, 2.75) is 32.7 Å². The maximum absolute atomic E-state index is 5.57. The molecule has 0 saturated carbocycles. The second kappa shape index (κ2) is 14.3. The first-order valence-electron chi connectivity index (χ1n) is 8.34. The number of benzene rings is 1. The summed E-state index contributed by atoms with van der Waals surface area (Å²) in [5.74, 6) is 1.78. The lowest BCUT2D eigenvalue weighted by Gasteiger charge is -2.23. The summed E-state index contributed by atoms with van der Waals surface area (Å²) >= 11 is 0. The molecule has 0 amide bonds. The van der Waals surface area contributed by atoms with Crippen molar-refractivity contribution in [1.29, 1.82) is 0 Å². The number of aliphatic imine (C=N–C) groups is 1. The molecule has 0 spiro atoms. The summed E-state index contributed by atoms with van der Waals surface area (Å²) < 4.78 is 11.0. The van der Waals surface area contributed by atoms with Crippen LogP contribution in [-0.4, -0.2) is 51.8 Å². The average Bonchev–Trinajstić information content (AvgIpc) is 2.57. The van der Waals surface area contributed by atoms with Crippen molar-refractivity contribution < 1.29 is 9.47 Å². The third kappa shape index (κ3) is 8.73. The maximum Gasteiger partial charge on any atom is 0.193 e. The van der Waals surface area contributed by atoms with Crippen LogP contribution in [0.2, 0.25) is 0 Å². The van der Waals surface area contributed by atoms with E-state index >= 15 is 0 Å². The Morgan fingerprint density at radius 3 is 2.58 bits per heavy atom. The van der Waals surface area contributed by atoms with E-state index in [1.807, 2.05) is 25.2 Å². The van der Waals surface area contributed by atoms with E-state index in [0.29, 0.717) is 0 Å². The Morgan fingerprint density at radius 2 is 1.92 bits per heavy atom. The van der Waals surface area contributed by atoms with Gasteiger partial charge in [0, 0.05) is 46.0 Å². The molecule has 0 radical (unpaired) electrons. The molecule has 5 nitrogen and oxygen atoms in total. The normalized spacial score (nSPS) is 10.9. The van der Waals surface area contributed by atoms with Crippen molar-refractivity contribution in [2.75, 3.05) is 41.0 Å². The summed E-state index contributed by atoms with van der Waals surface area (Å²) in [4.78, 5) is 6.43. The van der Waals surface area contributed by atoms with Crippen molar-refractivity contribution >= 4 is 29.9 Å². The first-order valence-corrected chi connectivity index (χ1v) is 8.34. The molecule has 1 aromatic rings. The molecule has 6 heteroatoms. The summed E-state index contributed by atoms with van der Waals surface area (Å²) in [7, 11) is 5.53. The monoisotopic (exact) mass is 449 g/mol. The smallest absolute Gasteiger partial charge is 0.193 e. The zero-order valence-corrected chi connectivity index (χ0v) is 17.7. The highest BCUT2D eigenvalue weighted by atomic mass is 127. The van der Waals surface area contributed by atoms with E-state index in [1.165, 1.54) is 6.42 Å². The van der Waals surface area contributed by atoms with E-state index in [4.69, 9.17) is 9.47 Å². The molecule has 1 N–H and O–H groups in total. The van der Waals surface area contributed by atoms with Crippen LogP contribution in [0, 0.1) is 0 Å². The van der Waals surface area contributed by atoms with Gasteiger partial charge in [-0.1, -0.05) is 31.5 Å². The zero-order valence-electron chi connectivity index (χ0n) is 15.4. The number of hydrogen-bond donors (Lipinski definition) is 1. The number of methoxy groups -OCH3 is 1. The van der Waals surface area contributed by atoms with Crippen LogP contribution in [0.15, 0.2) is 29.3 Å². The highest BCUT2D eigenvalue weighted by Crippen LogP contribution is 2.18. The van der Waals surface area contributed by atoms with Gasteiger partial charge in [-0.15, -0.1) is 24.0 Å². The van der Waals surface area contributed by atoms with Gasteiger partial charge in [-0.25, -0.2) is 0 Å². The van der Waals surface area contributed by atoms with Gasteiger partial charge < -0.3 is 19.7 Å². The summed E-state index contributed by atoms with van der Waals surface area (Å²) in [6.45, 7) is 5.43. The van der Waals surface area contributed by atoms with Crippen LogP contribution in [0.4, 0.5) is 0 Å². The number of nitrogens with zero attached hydrogens (tertiary/aromatic N) is 2. The minimum Gasteiger partial charge on any atom is -0.496 e. The van der Waals surface area contributed by atoms with Crippen molar-refractivity contribution in [3.8, 4) is 5.75 Å². The average molecular weight is 449 g/mol. The Morgan fingerprint density at radius 1 is 1.21 bits per heavy atom. The molecule has 0 heterocycles. The van der Waals surface area contributed by atoms with Gasteiger partial charge >= 0.3 is 0 Å². The van der Waals surface area contributed by atoms with Crippen LogP contribution in [0.3, 0.4) is 0 Å². The highest BCUT2D eigenvalue weighted by Gasteiger charge is 2.09. The minimum absolute atomic E-state index is 0. The topological polar surface area (TPSA) is 46.1 Å². The fraction of sp³-hybridized carbons (Fsp3) is 0.611. The number of rotatable bonds is 10. The first kappa shape index (κ1) is 23.0. The van der Waals surface area contributed by atoms with E-state index in [1.54, 1.807) is 14.2 Å². The lowest BCUT2D eigenvalue weighted by Crippen LogP contribution is -2.39. The third-order valence-electron chi connectivity index (χ3n) is 3.56. The molecule has 0 atom stereocenters. The third-order valence-corrected chi connectivity index (χ3v) is 3.56. The highest BCUT2D eigenvalue weighted by molar-refractivity contribution is 14.0. The largest absolute Gasteiger partial charge is 0.496 e. The quantitative estimate of drug-likeness (QED) is 0.257.